The summed E-state index contributed by atoms with van der Waals surface area (Å²) in [4.78, 5) is 3.27. The van der Waals surface area contributed by atoms with Crippen LogP contribution in [0, 0.1) is 5.41 Å². The van der Waals surface area contributed by atoms with Crippen molar-refractivity contribution in [2.24, 2.45) is 5.41 Å². The van der Waals surface area contributed by atoms with Gasteiger partial charge in [0.15, 0.2) is 0 Å². The molecular weight excluding hydrogens is 725 g/mol. The fourth-order valence-corrected chi connectivity index (χ4v) is 13.8. The minimum Gasteiger partial charge on any atom is -0.376 e. The summed E-state index contributed by atoms with van der Waals surface area (Å²) < 4.78 is 12.9. The molecule has 1 aliphatic rings. The second kappa shape index (κ2) is 18.3. The molecule has 2 aromatic rings. The van der Waals surface area contributed by atoms with Crippen molar-refractivity contribution in [1.82, 2.24) is 0 Å². The Hall–Kier alpha value is -0.110. The van der Waals surface area contributed by atoms with E-state index in [9.17, 15) is 0 Å². The van der Waals surface area contributed by atoms with Crippen molar-refractivity contribution < 1.29 is 9.47 Å². The number of thioether (sulfide) groups is 2. The van der Waals surface area contributed by atoms with Crippen molar-refractivity contribution >= 4 is 49.5 Å². The van der Waals surface area contributed by atoms with Crippen LogP contribution in [0.1, 0.15) is 134 Å². The summed E-state index contributed by atoms with van der Waals surface area (Å²) in [5.41, 5.74) is 4.49. The van der Waals surface area contributed by atoms with Gasteiger partial charge in [0.25, 0.3) is 0 Å². The highest BCUT2D eigenvalue weighted by molar-refractivity contribution is 9.09. The number of rotatable bonds is 23. The monoisotopic (exact) mass is 794 g/mol. The van der Waals surface area contributed by atoms with Gasteiger partial charge < -0.3 is 9.47 Å². The topological polar surface area (TPSA) is 18.5 Å². The maximum absolute atomic E-state index is 6.41. The van der Waals surface area contributed by atoms with Crippen molar-refractivity contribution in [3.8, 4) is 11.1 Å². The molecule has 1 heterocycles. The molecule has 0 amide bonds. The van der Waals surface area contributed by atoms with Crippen LogP contribution >= 0.6 is 49.5 Å². The highest BCUT2D eigenvalue weighted by atomic mass is 79.9. The summed E-state index contributed by atoms with van der Waals surface area (Å²) in [6.07, 6.45) is 8.03. The third kappa shape index (κ3) is 11.9. The van der Waals surface area contributed by atoms with Crippen molar-refractivity contribution in [3.05, 3.63) is 48.0 Å². The average Bonchev–Trinajstić information content (AvgIpc) is 3.34. The molecule has 0 N–H and O–H groups in total. The van der Waals surface area contributed by atoms with Gasteiger partial charge in [-0.3, -0.25) is 0 Å². The Kier molecular flexibility index (Phi) is 16.2. The first-order valence-electron chi connectivity index (χ1n) is 19.1. The van der Waals surface area contributed by atoms with E-state index >= 15 is 0 Å². The molecule has 6 heteroatoms. The van der Waals surface area contributed by atoms with Gasteiger partial charge in [0, 0.05) is 31.2 Å². The van der Waals surface area contributed by atoms with Gasteiger partial charge in [-0.1, -0.05) is 87.8 Å². The Bertz CT molecular complexity index is 1320. The van der Waals surface area contributed by atoms with Crippen LogP contribution in [0.2, 0.25) is 0 Å². The zero-order valence-electron chi connectivity index (χ0n) is 33.4. The molecule has 2 aromatic carbocycles. The summed E-state index contributed by atoms with van der Waals surface area (Å²) in [6.45, 7) is 29.2. The predicted molar refractivity (Wildman–Crippen MR) is 229 cm³/mol. The van der Waals surface area contributed by atoms with E-state index in [1.807, 2.05) is 0 Å². The van der Waals surface area contributed by atoms with Gasteiger partial charge in [-0.25, -0.2) is 0 Å². The van der Waals surface area contributed by atoms with Crippen LogP contribution in [0.5, 0.6) is 0 Å². The molecule has 280 valence electrons. The number of hydrogen-bond donors (Lipinski definition) is 0. The molecular formula is C43H71BrO2S3. The van der Waals surface area contributed by atoms with E-state index in [0.717, 1.165) is 44.6 Å². The molecule has 3 atom stereocenters. The molecule has 2 nitrogen and oxygen atoms in total. The first-order valence-corrected chi connectivity index (χ1v) is 24.0. The van der Waals surface area contributed by atoms with Crippen molar-refractivity contribution in [2.75, 3.05) is 42.0 Å². The lowest BCUT2D eigenvalue weighted by atomic mass is 9.91. The Morgan fingerprint density at radius 2 is 1.31 bits per heavy atom. The molecule has 0 aromatic heterocycles. The van der Waals surface area contributed by atoms with Crippen LogP contribution in [0.25, 0.3) is 11.1 Å². The lowest BCUT2D eigenvalue weighted by Crippen LogP contribution is -2.33. The Morgan fingerprint density at radius 3 is 1.92 bits per heavy atom. The standard InChI is InChI=1S/C43H71BrO2S3/c1-13-39(5,6)45-26-25-43(12,16-4)48-28-20-30-49(29-19-27-47-33-42(11,15-3)32-46-40(7,8)14-2)37-22-18-17-21-35(37)36-24-23-34(31-38(36)49)41(9,10)44/h17-18,21-24,31H,13-16,19-20,25-30,32-33H2,1-12H3. The van der Waals surface area contributed by atoms with Gasteiger partial charge in [-0.2, -0.15) is 33.6 Å². The van der Waals surface area contributed by atoms with E-state index in [1.165, 1.54) is 59.0 Å². The molecule has 0 saturated carbocycles. The zero-order valence-corrected chi connectivity index (χ0v) is 37.4. The maximum atomic E-state index is 6.41. The van der Waals surface area contributed by atoms with E-state index in [4.69, 9.17) is 9.47 Å². The van der Waals surface area contributed by atoms with Gasteiger partial charge >= 0.3 is 0 Å². The normalized spacial score (nSPS) is 20.3. The molecule has 0 spiro atoms. The third-order valence-electron chi connectivity index (χ3n) is 11.2. The van der Waals surface area contributed by atoms with E-state index in [1.54, 1.807) is 9.79 Å². The van der Waals surface area contributed by atoms with Gasteiger partial charge in [0.1, 0.15) is 0 Å². The van der Waals surface area contributed by atoms with Crippen molar-refractivity contribution in [3.63, 3.8) is 0 Å². The first kappa shape index (κ1) is 43.3. The fourth-order valence-electron chi connectivity index (χ4n) is 6.19. The third-order valence-corrected chi connectivity index (χ3v) is 19.2. The van der Waals surface area contributed by atoms with Crippen LogP contribution < -0.4 is 0 Å². The molecule has 0 fully saturated rings. The van der Waals surface area contributed by atoms with E-state index < -0.39 is 10.0 Å². The molecule has 0 saturated heterocycles. The Morgan fingerprint density at radius 1 is 0.694 bits per heavy atom. The first-order chi connectivity index (χ1) is 22.9. The quantitative estimate of drug-likeness (QED) is 0.0823. The summed E-state index contributed by atoms with van der Waals surface area (Å²) in [5, 5.41) is 0. The van der Waals surface area contributed by atoms with E-state index in [-0.39, 0.29) is 25.7 Å². The molecule has 3 rings (SSSR count). The molecule has 0 radical (unpaired) electrons. The number of halogens is 1. The maximum Gasteiger partial charge on any atom is 0.0624 e. The van der Waals surface area contributed by atoms with E-state index in [2.05, 4.69) is 165 Å². The number of benzene rings is 2. The Balaban J connectivity index is 1.80. The average molecular weight is 796 g/mol. The summed E-state index contributed by atoms with van der Waals surface area (Å²) in [6, 6.07) is 16.8. The second-order valence-corrected chi connectivity index (χ2v) is 24.9. The number of fused-ring (bicyclic) bond motifs is 3. The van der Waals surface area contributed by atoms with Crippen LogP contribution in [-0.4, -0.2) is 57.9 Å². The summed E-state index contributed by atoms with van der Waals surface area (Å²) in [5.74, 6) is 6.11. The number of alkyl halides is 1. The SMILES string of the molecule is CCC(C)(COC(C)(C)CC)CSCCCS1(CCCSC(C)(CC)CCOC(C)(C)CC)c2ccccc2-c2ccc(C(C)(C)Br)cc21. The molecule has 0 aliphatic carbocycles. The van der Waals surface area contributed by atoms with Crippen LogP contribution in [0.4, 0.5) is 0 Å². The highest BCUT2D eigenvalue weighted by Gasteiger charge is 2.39. The molecule has 3 unspecified atom stereocenters. The molecule has 1 aliphatic heterocycles. The largest absolute Gasteiger partial charge is 0.376 e. The Labute approximate surface area is 321 Å². The molecule has 49 heavy (non-hydrogen) atoms. The van der Waals surface area contributed by atoms with Crippen LogP contribution in [0.3, 0.4) is 0 Å². The van der Waals surface area contributed by atoms with Crippen LogP contribution in [0.15, 0.2) is 52.3 Å². The zero-order chi connectivity index (χ0) is 36.6. The minimum absolute atomic E-state index is 0.0337. The fraction of sp³-hybridized carbons (Fsp3) is 0.721. The predicted octanol–water partition coefficient (Wildman–Crippen LogP) is 14.2. The lowest BCUT2D eigenvalue weighted by Gasteiger charge is -2.40. The van der Waals surface area contributed by atoms with E-state index in [0.29, 0.717) is 0 Å². The van der Waals surface area contributed by atoms with Gasteiger partial charge in [0.2, 0.25) is 0 Å². The van der Waals surface area contributed by atoms with Gasteiger partial charge in [0.05, 0.1) is 17.8 Å². The number of ether oxygens (including phenoxy) is 2. The minimum atomic E-state index is -1.18. The summed E-state index contributed by atoms with van der Waals surface area (Å²) >= 11 is 8.35. The number of hydrogen-bond acceptors (Lipinski definition) is 4. The smallest absolute Gasteiger partial charge is 0.0624 e. The van der Waals surface area contributed by atoms with Crippen LogP contribution in [-0.2, 0) is 13.8 Å². The van der Waals surface area contributed by atoms with Crippen molar-refractivity contribution in [2.45, 2.75) is 158 Å². The van der Waals surface area contributed by atoms with Gasteiger partial charge in [-0.15, -0.1) is 0 Å². The highest BCUT2D eigenvalue weighted by Crippen LogP contribution is 2.72. The lowest BCUT2D eigenvalue weighted by molar-refractivity contribution is -0.0560. The molecule has 0 bridgehead atoms. The van der Waals surface area contributed by atoms with Gasteiger partial charge in [-0.05, 0) is 144 Å². The van der Waals surface area contributed by atoms with Crippen molar-refractivity contribution in [1.29, 1.82) is 0 Å². The second-order valence-electron chi connectivity index (χ2n) is 16.7. The summed E-state index contributed by atoms with van der Waals surface area (Å²) in [7, 11) is -1.18.